The zero-order valence-corrected chi connectivity index (χ0v) is 14.2. The van der Waals surface area contributed by atoms with Crippen molar-refractivity contribution in [2.75, 3.05) is 37.3 Å². The van der Waals surface area contributed by atoms with E-state index in [2.05, 4.69) is 60.2 Å². The second kappa shape index (κ2) is 9.55. The van der Waals surface area contributed by atoms with Gasteiger partial charge in [0.15, 0.2) is 0 Å². The van der Waals surface area contributed by atoms with E-state index in [9.17, 15) is 0 Å². The van der Waals surface area contributed by atoms with E-state index in [4.69, 9.17) is 0 Å². The predicted octanol–water partition coefficient (Wildman–Crippen LogP) is 3.00. The standard InChI is InChI=1S/C16H31N5/c1-6-8-14-15(17-9-7-2)19-12-20-16(14)18-10-11-21(5)13(3)4/h12-13H,6-11H2,1-5H3,(H2,17,18,19,20). The van der Waals surface area contributed by atoms with E-state index in [1.165, 1.54) is 5.56 Å². The van der Waals surface area contributed by atoms with Crippen molar-refractivity contribution in [1.29, 1.82) is 0 Å². The molecule has 1 aromatic rings. The zero-order valence-electron chi connectivity index (χ0n) is 14.2. The van der Waals surface area contributed by atoms with Crippen molar-refractivity contribution in [1.82, 2.24) is 14.9 Å². The van der Waals surface area contributed by atoms with Gasteiger partial charge in [-0.2, -0.15) is 0 Å². The van der Waals surface area contributed by atoms with Gasteiger partial charge in [0.1, 0.15) is 18.0 Å². The lowest BCUT2D eigenvalue weighted by Crippen LogP contribution is -2.31. The number of hydrogen-bond donors (Lipinski definition) is 2. The number of likely N-dealkylation sites (N-methyl/N-ethyl adjacent to an activating group) is 1. The van der Waals surface area contributed by atoms with Gasteiger partial charge in [0.25, 0.3) is 0 Å². The number of rotatable bonds is 10. The third kappa shape index (κ3) is 5.87. The van der Waals surface area contributed by atoms with Crippen LogP contribution in [0.4, 0.5) is 11.6 Å². The van der Waals surface area contributed by atoms with Crippen LogP contribution in [0.2, 0.25) is 0 Å². The van der Waals surface area contributed by atoms with Crippen LogP contribution < -0.4 is 10.6 Å². The Balaban J connectivity index is 2.71. The van der Waals surface area contributed by atoms with Gasteiger partial charge in [0, 0.05) is 31.2 Å². The van der Waals surface area contributed by atoms with Crippen molar-refractivity contribution >= 4 is 11.6 Å². The lowest BCUT2D eigenvalue weighted by molar-refractivity contribution is 0.284. The molecule has 0 radical (unpaired) electrons. The molecule has 0 spiro atoms. The molecule has 0 saturated carbocycles. The third-order valence-electron chi connectivity index (χ3n) is 3.63. The maximum absolute atomic E-state index is 4.43. The Morgan fingerprint density at radius 3 is 2.19 bits per heavy atom. The summed E-state index contributed by atoms with van der Waals surface area (Å²) in [4.78, 5) is 11.1. The van der Waals surface area contributed by atoms with Crippen LogP contribution in [0, 0.1) is 0 Å². The van der Waals surface area contributed by atoms with Gasteiger partial charge in [0.05, 0.1) is 0 Å². The molecule has 120 valence electrons. The molecule has 0 unspecified atom stereocenters. The van der Waals surface area contributed by atoms with Crippen molar-refractivity contribution in [2.24, 2.45) is 0 Å². The molecule has 21 heavy (non-hydrogen) atoms. The Bertz CT molecular complexity index is 406. The second-order valence-corrected chi connectivity index (χ2v) is 5.73. The maximum atomic E-state index is 4.43. The minimum Gasteiger partial charge on any atom is -0.370 e. The van der Waals surface area contributed by atoms with E-state index in [1.807, 2.05) is 0 Å². The Labute approximate surface area is 129 Å². The molecule has 0 aliphatic heterocycles. The molecule has 0 aliphatic rings. The average molecular weight is 293 g/mol. The lowest BCUT2D eigenvalue weighted by Gasteiger charge is -2.22. The molecule has 2 N–H and O–H groups in total. The number of hydrogen-bond acceptors (Lipinski definition) is 5. The highest BCUT2D eigenvalue weighted by Crippen LogP contribution is 2.21. The molecule has 1 heterocycles. The summed E-state index contributed by atoms with van der Waals surface area (Å²) in [5, 5.41) is 6.87. The summed E-state index contributed by atoms with van der Waals surface area (Å²) in [7, 11) is 2.15. The first kappa shape index (κ1) is 17.7. The molecular formula is C16H31N5. The molecule has 0 bridgehead atoms. The van der Waals surface area contributed by atoms with E-state index >= 15 is 0 Å². The molecule has 0 atom stereocenters. The topological polar surface area (TPSA) is 53.1 Å². The molecule has 0 fully saturated rings. The first-order chi connectivity index (χ1) is 10.1. The fourth-order valence-electron chi connectivity index (χ4n) is 2.06. The Kier molecular flexibility index (Phi) is 8.05. The lowest BCUT2D eigenvalue weighted by atomic mass is 10.1. The summed E-state index contributed by atoms with van der Waals surface area (Å²) < 4.78 is 0. The van der Waals surface area contributed by atoms with Crippen LogP contribution in [0.15, 0.2) is 6.33 Å². The molecule has 5 nitrogen and oxygen atoms in total. The Morgan fingerprint density at radius 2 is 1.67 bits per heavy atom. The van der Waals surface area contributed by atoms with Crippen molar-refractivity contribution in [2.45, 2.75) is 53.0 Å². The van der Waals surface area contributed by atoms with Crippen LogP contribution in [0.5, 0.6) is 0 Å². The van der Waals surface area contributed by atoms with Crippen LogP contribution in [0.25, 0.3) is 0 Å². The highest BCUT2D eigenvalue weighted by molar-refractivity contribution is 5.57. The normalized spacial score (nSPS) is 11.2. The molecule has 0 aromatic carbocycles. The van der Waals surface area contributed by atoms with E-state index in [-0.39, 0.29) is 0 Å². The number of nitrogens with one attached hydrogen (secondary N) is 2. The fourth-order valence-corrected chi connectivity index (χ4v) is 2.06. The van der Waals surface area contributed by atoms with E-state index in [1.54, 1.807) is 6.33 Å². The predicted molar refractivity (Wildman–Crippen MR) is 91.1 cm³/mol. The largest absolute Gasteiger partial charge is 0.370 e. The Hall–Kier alpha value is -1.36. The summed E-state index contributed by atoms with van der Waals surface area (Å²) in [6.45, 7) is 11.6. The van der Waals surface area contributed by atoms with Gasteiger partial charge in [-0.3, -0.25) is 0 Å². The quantitative estimate of drug-likeness (QED) is 0.694. The van der Waals surface area contributed by atoms with Gasteiger partial charge in [-0.15, -0.1) is 0 Å². The van der Waals surface area contributed by atoms with Crippen LogP contribution in [-0.4, -0.2) is 47.6 Å². The van der Waals surface area contributed by atoms with Gasteiger partial charge in [-0.1, -0.05) is 20.3 Å². The first-order valence-electron chi connectivity index (χ1n) is 8.11. The monoisotopic (exact) mass is 293 g/mol. The maximum Gasteiger partial charge on any atom is 0.134 e. The number of anilines is 2. The van der Waals surface area contributed by atoms with Crippen LogP contribution in [0.1, 0.15) is 46.1 Å². The van der Waals surface area contributed by atoms with Crippen molar-refractivity contribution in [3.63, 3.8) is 0 Å². The summed E-state index contributed by atoms with van der Waals surface area (Å²) >= 11 is 0. The average Bonchev–Trinajstić information content (AvgIpc) is 2.47. The molecule has 0 saturated heterocycles. The summed E-state index contributed by atoms with van der Waals surface area (Å²) in [6.07, 6.45) is 4.83. The minimum absolute atomic E-state index is 0.564. The highest BCUT2D eigenvalue weighted by Gasteiger charge is 2.10. The molecule has 0 amide bonds. The highest BCUT2D eigenvalue weighted by atomic mass is 15.1. The Morgan fingerprint density at radius 1 is 1.05 bits per heavy atom. The smallest absolute Gasteiger partial charge is 0.134 e. The van der Waals surface area contributed by atoms with Gasteiger partial charge < -0.3 is 15.5 Å². The summed E-state index contributed by atoms with van der Waals surface area (Å²) in [6, 6.07) is 0.564. The van der Waals surface area contributed by atoms with Gasteiger partial charge in [-0.25, -0.2) is 9.97 Å². The van der Waals surface area contributed by atoms with Gasteiger partial charge in [-0.05, 0) is 33.7 Å². The molecule has 1 aromatic heterocycles. The molecule has 0 aliphatic carbocycles. The van der Waals surface area contributed by atoms with E-state index in [0.29, 0.717) is 6.04 Å². The van der Waals surface area contributed by atoms with Crippen molar-refractivity contribution < 1.29 is 0 Å². The van der Waals surface area contributed by atoms with Gasteiger partial charge in [0.2, 0.25) is 0 Å². The van der Waals surface area contributed by atoms with Crippen LogP contribution in [-0.2, 0) is 6.42 Å². The SMILES string of the molecule is CCCNc1ncnc(NCCN(C)C(C)C)c1CCC. The minimum atomic E-state index is 0.564. The summed E-state index contributed by atoms with van der Waals surface area (Å²) in [5.74, 6) is 1.95. The van der Waals surface area contributed by atoms with E-state index in [0.717, 1.165) is 50.5 Å². The first-order valence-corrected chi connectivity index (χ1v) is 8.11. The number of nitrogens with zero attached hydrogens (tertiary/aromatic N) is 3. The second-order valence-electron chi connectivity index (χ2n) is 5.73. The van der Waals surface area contributed by atoms with Gasteiger partial charge >= 0.3 is 0 Å². The van der Waals surface area contributed by atoms with Crippen LogP contribution >= 0.6 is 0 Å². The number of aromatic nitrogens is 2. The molecule has 5 heteroatoms. The molecule has 1 rings (SSSR count). The van der Waals surface area contributed by atoms with Crippen molar-refractivity contribution in [3.05, 3.63) is 11.9 Å². The molecular weight excluding hydrogens is 262 g/mol. The van der Waals surface area contributed by atoms with Crippen molar-refractivity contribution in [3.8, 4) is 0 Å². The fraction of sp³-hybridized carbons (Fsp3) is 0.750. The summed E-state index contributed by atoms with van der Waals surface area (Å²) in [5.41, 5.74) is 1.21. The van der Waals surface area contributed by atoms with E-state index < -0.39 is 0 Å². The van der Waals surface area contributed by atoms with Crippen LogP contribution in [0.3, 0.4) is 0 Å². The zero-order chi connectivity index (χ0) is 15.7. The third-order valence-corrected chi connectivity index (χ3v) is 3.63.